The number of anilines is 1. The third-order valence-corrected chi connectivity index (χ3v) is 3.44. The van der Waals surface area contributed by atoms with Crippen molar-refractivity contribution in [3.8, 4) is 12.3 Å². The van der Waals surface area contributed by atoms with Crippen molar-refractivity contribution in [2.75, 3.05) is 11.9 Å². The second kappa shape index (κ2) is 8.09. The minimum absolute atomic E-state index is 0.153. The number of carbonyl (C=O) groups is 1. The highest BCUT2D eigenvalue weighted by molar-refractivity contribution is 5.94. The van der Waals surface area contributed by atoms with Crippen LogP contribution in [0.5, 0.6) is 0 Å². The van der Waals surface area contributed by atoms with Gasteiger partial charge in [-0.15, -0.1) is 6.42 Å². The maximum Gasteiger partial charge on any atom is 0.253 e. The standard InChI is InChI=1S/C18H18FN3O2/c1-3-10-20-18(24)14-6-9-16(21-11-14)22-12(2)17(23)13-4-7-15(19)8-5-13/h1,4-9,11-12,17,23H,10H2,2H3,(H,20,24)(H,21,22)/t12-,17-/m1/s1. The van der Waals surface area contributed by atoms with E-state index in [1.165, 1.54) is 30.5 Å². The molecule has 0 saturated heterocycles. The fraction of sp³-hybridized carbons (Fsp3) is 0.222. The average molecular weight is 327 g/mol. The van der Waals surface area contributed by atoms with E-state index in [-0.39, 0.29) is 24.3 Å². The van der Waals surface area contributed by atoms with Gasteiger partial charge in [0.2, 0.25) is 0 Å². The molecule has 0 radical (unpaired) electrons. The van der Waals surface area contributed by atoms with Crippen LogP contribution in [0.2, 0.25) is 0 Å². The zero-order valence-electron chi connectivity index (χ0n) is 13.2. The molecule has 1 heterocycles. The Bertz CT molecular complexity index is 723. The number of hydrogen-bond donors (Lipinski definition) is 3. The highest BCUT2D eigenvalue weighted by Crippen LogP contribution is 2.20. The van der Waals surface area contributed by atoms with E-state index in [1.54, 1.807) is 19.1 Å². The smallest absolute Gasteiger partial charge is 0.253 e. The summed E-state index contributed by atoms with van der Waals surface area (Å²) in [6.45, 7) is 1.93. The van der Waals surface area contributed by atoms with Crippen LogP contribution in [0.4, 0.5) is 10.2 Å². The van der Waals surface area contributed by atoms with Crippen molar-refractivity contribution in [3.05, 3.63) is 59.5 Å². The predicted octanol–water partition coefficient (Wildman–Crippen LogP) is 2.12. The van der Waals surface area contributed by atoms with E-state index in [0.29, 0.717) is 16.9 Å². The van der Waals surface area contributed by atoms with Crippen LogP contribution in [0, 0.1) is 18.2 Å². The lowest BCUT2D eigenvalue weighted by Gasteiger charge is -2.21. The van der Waals surface area contributed by atoms with Crippen molar-refractivity contribution in [2.24, 2.45) is 0 Å². The molecule has 0 spiro atoms. The maximum atomic E-state index is 12.9. The summed E-state index contributed by atoms with van der Waals surface area (Å²) in [5.74, 6) is 2.18. The van der Waals surface area contributed by atoms with Crippen molar-refractivity contribution in [1.82, 2.24) is 10.3 Å². The minimum atomic E-state index is -0.828. The van der Waals surface area contributed by atoms with E-state index >= 15 is 0 Å². The highest BCUT2D eigenvalue weighted by Gasteiger charge is 2.17. The molecule has 24 heavy (non-hydrogen) atoms. The number of nitrogens with zero attached hydrogens (tertiary/aromatic N) is 1. The molecule has 5 nitrogen and oxygen atoms in total. The van der Waals surface area contributed by atoms with Gasteiger partial charge in [0.25, 0.3) is 5.91 Å². The van der Waals surface area contributed by atoms with Gasteiger partial charge in [-0.05, 0) is 36.8 Å². The van der Waals surface area contributed by atoms with E-state index in [2.05, 4.69) is 21.5 Å². The molecule has 2 atom stereocenters. The summed E-state index contributed by atoms with van der Waals surface area (Å²) in [5, 5.41) is 15.9. The molecule has 0 aliphatic carbocycles. The summed E-state index contributed by atoms with van der Waals surface area (Å²) in [6.07, 6.45) is 5.68. The third kappa shape index (κ3) is 4.54. The van der Waals surface area contributed by atoms with Gasteiger partial charge in [-0.25, -0.2) is 9.37 Å². The van der Waals surface area contributed by atoms with Gasteiger partial charge < -0.3 is 15.7 Å². The van der Waals surface area contributed by atoms with Gasteiger partial charge in [-0.1, -0.05) is 18.1 Å². The van der Waals surface area contributed by atoms with Crippen LogP contribution in [0.25, 0.3) is 0 Å². The van der Waals surface area contributed by atoms with Gasteiger partial charge in [0.1, 0.15) is 11.6 Å². The zero-order valence-corrected chi connectivity index (χ0v) is 13.2. The van der Waals surface area contributed by atoms with E-state index in [4.69, 9.17) is 6.42 Å². The summed E-state index contributed by atoms with van der Waals surface area (Å²) in [4.78, 5) is 15.9. The Morgan fingerprint density at radius 1 is 1.33 bits per heavy atom. The SMILES string of the molecule is C#CCNC(=O)c1ccc(N[C@H](C)[C@@H](O)c2ccc(F)cc2)nc1. The van der Waals surface area contributed by atoms with Gasteiger partial charge in [0, 0.05) is 6.20 Å². The lowest BCUT2D eigenvalue weighted by molar-refractivity contribution is 0.0958. The number of benzene rings is 1. The Labute approximate surface area is 139 Å². The molecule has 1 aromatic carbocycles. The summed E-state index contributed by atoms with van der Waals surface area (Å²) in [5.41, 5.74) is 0.990. The second-order valence-electron chi connectivity index (χ2n) is 5.25. The zero-order chi connectivity index (χ0) is 17.5. The average Bonchev–Trinajstić information content (AvgIpc) is 2.60. The molecule has 124 valence electrons. The fourth-order valence-corrected chi connectivity index (χ4v) is 2.11. The molecule has 0 bridgehead atoms. The number of halogens is 1. The molecule has 6 heteroatoms. The van der Waals surface area contributed by atoms with Crippen molar-refractivity contribution < 1.29 is 14.3 Å². The van der Waals surface area contributed by atoms with Gasteiger partial charge >= 0.3 is 0 Å². The Morgan fingerprint density at radius 3 is 2.62 bits per heavy atom. The quantitative estimate of drug-likeness (QED) is 0.711. The molecule has 0 unspecified atom stereocenters. The molecule has 0 fully saturated rings. The van der Waals surface area contributed by atoms with Crippen molar-refractivity contribution in [1.29, 1.82) is 0 Å². The number of nitrogens with one attached hydrogen (secondary N) is 2. The highest BCUT2D eigenvalue weighted by atomic mass is 19.1. The molecule has 3 N–H and O–H groups in total. The number of aliphatic hydroxyl groups excluding tert-OH is 1. The summed E-state index contributed by atoms with van der Waals surface area (Å²) in [7, 11) is 0. The van der Waals surface area contributed by atoms with Crippen molar-refractivity contribution >= 4 is 11.7 Å². The molecule has 0 aliphatic heterocycles. The first-order valence-electron chi connectivity index (χ1n) is 7.39. The minimum Gasteiger partial charge on any atom is -0.386 e. The van der Waals surface area contributed by atoms with E-state index in [0.717, 1.165) is 0 Å². The van der Waals surface area contributed by atoms with Crippen LogP contribution >= 0.6 is 0 Å². The maximum absolute atomic E-state index is 12.9. The number of pyridine rings is 1. The van der Waals surface area contributed by atoms with Crippen LogP contribution in [0.1, 0.15) is 28.9 Å². The van der Waals surface area contributed by atoms with Crippen molar-refractivity contribution in [3.63, 3.8) is 0 Å². The summed E-state index contributed by atoms with van der Waals surface area (Å²) in [6, 6.07) is 8.55. The fourth-order valence-electron chi connectivity index (χ4n) is 2.11. The number of aliphatic hydroxyl groups is 1. The number of rotatable bonds is 6. The van der Waals surface area contributed by atoms with Crippen LogP contribution in [0.3, 0.4) is 0 Å². The number of amides is 1. The van der Waals surface area contributed by atoms with Gasteiger partial charge in [-0.3, -0.25) is 4.79 Å². The Kier molecular flexibility index (Phi) is 5.88. The summed E-state index contributed by atoms with van der Waals surface area (Å²) < 4.78 is 12.9. The Morgan fingerprint density at radius 2 is 2.04 bits per heavy atom. The molecular formula is C18H18FN3O2. The summed E-state index contributed by atoms with van der Waals surface area (Å²) >= 11 is 0. The second-order valence-corrected chi connectivity index (χ2v) is 5.25. The number of terminal acetylenes is 1. The van der Waals surface area contributed by atoms with Crippen LogP contribution < -0.4 is 10.6 Å². The third-order valence-electron chi connectivity index (χ3n) is 3.44. The van der Waals surface area contributed by atoms with Gasteiger partial charge in [0.05, 0.1) is 24.3 Å². The largest absolute Gasteiger partial charge is 0.386 e. The normalized spacial score (nSPS) is 12.8. The number of hydrogen-bond acceptors (Lipinski definition) is 4. The van der Waals surface area contributed by atoms with E-state index in [1.807, 2.05) is 0 Å². The molecular weight excluding hydrogens is 309 g/mol. The first-order valence-corrected chi connectivity index (χ1v) is 7.39. The molecule has 2 rings (SSSR count). The molecule has 1 amide bonds. The lowest BCUT2D eigenvalue weighted by Crippen LogP contribution is -2.25. The number of carbonyl (C=O) groups excluding carboxylic acids is 1. The molecule has 2 aromatic rings. The molecule has 1 aromatic heterocycles. The topological polar surface area (TPSA) is 74.2 Å². The van der Waals surface area contributed by atoms with E-state index in [9.17, 15) is 14.3 Å². The molecule has 0 aliphatic rings. The first-order chi connectivity index (χ1) is 11.5. The van der Waals surface area contributed by atoms with Crippen LogP contribution in [-0.4, -0.2) is 28.6 Å². The lowest BCUT2D eigenvalue weighted by atomic mass is 10.0. The molecule has 0 saturated carbocycles. The van der Waals surface area contributed by atoms with Crippen LogP contribution in [0.15, 0.2) is 42.6 Å². The van der Waals surface area contributed by atoms with E-state index < -0.39 is 6.10 Å². The Hall–Kier alpha value is -2.91. The first kappa shape index (κ1) is 17.4. The number of aromatic nitrogens is 1. The van der Waals surface area contributed by atoms with Gasteiger partial charge in [0.15, 0.2) is 0 Å². The Balaban J connectivity index is 1.98. The van der Waals surface area contributed by atoms with Gasteiger partial charge in [-0.2, -0.15) is 0 Å². The monoisotopic (exact) mass is 327 g/mol. The predicted molar refractivity (Wildman–Crippen MR) is 89.8 cm³/mol. The van der Waals surface area contributed by atoms with Crippen molar-refractivity contribution in [2.45, 2.75) is 19.1 Å². The van der Waals surface area contributed by atoms with Crippen LogP contribution in [-0.2, 0) is 0 Å².